The van der Waals surface area contributed by atoms with Gasteiger partial charge in [0.15, 0.2) is 18.9 Å². The van der Waals surface area contributed by atoms with Gasteiger partial charge in [0.1, 0.15) is 73.2 Å². The Morgan fingerprint density at radius 3 is 1.28 bits per heavy atom. The van der Waals surface area contributed by atoms with Crippen LogP contribution in [-0.2, 0) is 33.2 Å². The van der Waals surface area contributed by atoms with Crippen LogP contribution < -0.4 is 5.32 Å². The largest absolute Gasteiger partial charge is 0.394 e. The molecule has 19 heteroatoms. The summed E-state index contributed by atoms with van der Waals surface area (Å²) in [5.74, 6) is -0.302. The van der Waals surface area contributed by atoms with E-state index in [0.717, 1.165) is 103 Å². The van der Waals surface area contributed by atoms with Crippen molar-refractivity contribution in [2.45, 2.75) is 272 Å². The molecule has 0 spiro atoms. The van der Waals surface area contributed by atoms with E-state index < -0.39 is 124 Å². The number of unbranched alkanes of at least 4 members (excludes halogenated alkanes) is 12. The maximum absolute atomic E-state index is 13.3. The second-order valence-corrected chi connectivity index (χ2v) is 22.5. The lowest BCUT2D eigenvalue weighted by molar-refractivity contribution is -0.379. The van der Waals surface area contributed by atoms with Gasteiger partial charge in [-0.2, -0.15) is 0 Å². The molecule has 3 saturated heterocycles. The van der Waals surface area contributed by atoms with Crippen LogP contribution in [0.2, 0.25) is 0 Å². The lowest BCUT2D eigenvalue weighted by Crippen LogP contribution is -2.66. The third-order valence-corrected chi connectivity index (χ3v) is 15.2. The molecule has 0 radical (unpaired) electrons. The predicted octanol–water partition coefficient (Wildman–Crippen LogP) is 7.26. The number of rotatable bonds is 46. The van der Waals surface area contributed by atoms with E-state index in [1.165, 1.54) is 32.1 Å². The van der Waals surface area contributed by atoms with Crippen molar-refractivity contribution in [3.05, 3.63) is 122 Å². The highest BCUT2D eigenvalue weighted by atomic mass is 16.8. The summed E-state index contributed by atoms with van der Waals surface area (Å²) in [6.45, 7) is 1.43. The van der Waals surface area contributed by atoms with Gasteiger partial charge in [0.2, 0.25) is 5.91 Å². The molecule has 496 valence electrons. The molecule has 0 aromatic heterocycles. The third kappa shape index (κ3) is 31.7. The minimum atomic E-state index is -1.98. The molecule has 19 nitrogen and oxygen atoms in total. The van der Waals surface area contributed by atoms with Crippen LogP contribution in [0.3, 0.4) is 0 Å². The highest BCUT2D eigenvalue weighted by molar-refractivity contribution is 5.76. The van der Waals surface area contributed by atoms with Gasteiger partial charge >= 0.3 is 0 Å². The van der Waals surface area contributed by atoms with Crippen molar-refractivity contribution < 1.29 is 89.4 Å². The van der Waals surface area contributed by atoms with Gasteiger partial charge in [0, 0.05) is 6.42 Å². The van der Waals surface area contributed by atoms with Crippen molar-refractivity contribution in [3.8, 4) is 0 Å². The molecule has 17 unspecified atom stereocenters. The smallest absolute Gasteiger partial charge is 0.220 e. The molecule has 3 rings (SSSR count). The Balaban J connectivity index is 1.33. The van der Waals surface area contributed by atoms with Gasteiger partial charge in [0.05, 0.1) is 38.6 Å². The Morgan fingerprint density at radius 2 is 0.805 bits per heavy atom. The fraction of sp³-hybridized carbons (Fsp3) is 0.691. The molecule has 3 aliphatic heterocycles. The number of nitrogens with one attached hydrogen (secondary N) is 1. The molecular formula is C68H111NO18. The summed E-state index contributed by atoms with van der Waals surface area (Å²) in [4.78, 5) is 13.3. The van der Waals surface area contributed by atoms with Crippen molar-refractivity contribution in [2.24, 2.45) is 0 Å². The average Bonchev–Trinajstić information content (AvgIpc) is 2.35. The van der Waals surface area contributed by atoms with Crippen LogP contribution in [0.1, 0.15) is 168 Å². The average molecular weight is 1230 g/mol. The first-order chi connectivity index (χ1) is 42.3. The van der Waals surface area contributed by atoms with Gasteiger partial charge in [-0.05, 0) is 89.9 Å². The molecule has 3 heterocycles. The van der Waals surface area contributed by atoms with Crippen molar-refractivity contribution in [3.63, 3.8) is 0 Å². The Bertz CT molecular complexity index is 2050. The number of amides is 1. The minimum Gasteiger partial charge on any atom is -0.394 e. The number of hydrogen-bond acceptors (Lipinski definition) is 18. The quantitative estimate of drug-likeness (QED) is 0.0211. The van der Waals surface area contributed by atoms with E-state index >= 15 is 0 Å². The molecule has 3 aliphatic rings. The Hall–Kier alpha value is -3.81. The summed E-state index contributed by atoms with van der Waals surface area (Å²) in [6.07, 6.45) is 39.6. The summed E-state index contributed by atoms with van der Waals surface area (Å²) in [6, 6.07) is -0.997. The first kappa shape index (κ1) is 77.4. The van der Waals surface area contributed by atoms with E-state index in [2.05, 4.69) is 129 Å². The van der Waals surface area contributed by atoms with Crippen molar-refractivity contribution in [1.29, 1.82) is 0 Å². The number of ether oxygens (including phenoxy) is 6. The van der Waals surface area contributed by atoms with Gasteiger partial charge in [-0.15, -0.1) is 0 Å². The number of aliphatic hydroxyl groups excluding tert-OH is 11. The van der Waals surface area contributed by atoms with Crippen LogP contribution in [-0.4, -0.2) is 193 Å². The fourth-order valence-electron chi connectivity index (χ4n) is 9.99. The van der Waals surface area contributed by atoms with Crippen LogP contribution in [0, 0.1) is 0 Å². The number of hydrogen-bond donors (Lipinski definition) is 12. The SMILES string of the molecule is CC/C=C\C/C=C\C/C=C\C/C=C\C/C=C\C/C=C\C/C=C\C/C=C\CCCCCCCCCCCCC(=O)NC(COC1OC(CO)C(OC2OC(CO)C(OC3OC(CO)C(O)C(O)C3O)C(O)C2O)C(O)C1O)C(O)/C=C/CC/C=C/CCC. The maximum atomic E-state index is 13.3. The molecule has 87 heavy (non-hydrogen) atoms. The van der Waals surface area contributed by atoms with E-state index in [0.29, 0.717) is 12.8 Å². The van der Waals surface area contributed by atoms with Crippen LogP contribution in [0.25, 0.3) is 0 Å². The van der Waals surface area contributed by atoms with E-state index in [4.69, 9.17) is 28.4 Å². The van der Waals surface area contributed by atoms with E-state index in [9.17, 15) is 61.0 Å². The maximum Gasteiger partial charge on any atom is 0.220 e. The lowest BCUT2D eigenvalue weighted by atomic mass is 9.96. The first-order valence-electron chi connectivity index (χ1n) is 32.3. The van der Waals surface area contributed by atoms with Gasteiger partial charge in [0.25, 0.3) is 0 Å². The fourth-order valence-corrected chi connectivity index (χ4v) is 9.99. The summed E-state index contributed by atoms with van der Waals surface area (Å²) in [5.41, 5.74) is 0. The van der Waals surface area contributed by atoms with Gasteiger partial charge in [-0.25, -0.2) is 0 Å². The Kier molecular flexibility index (Phi) is 43.6. The molecule has 0 aromatic rings. The lowest BCUT2D eigenvalue weighted by Gasteiger charge is -2.48. The number of allylic oxidation sites excluding steroid dienone is 19. The van der Waals surface area contributed by atoms with E-state index in [1.807, 2.05) is 0 Å². The van der Waals surface area contributed by atoms with Gasteiger partial charge < -0.3 is 89.9 Å². The Labute approximate surface area is 518 Å². The second kappa shape index (κ2) is 49.0. The number of aliphatic hydroxyl groups is 11. The molecule has 0 bridgehead atoms. The number of carbonyl (C=O) groups is 1. The summed E-state index contributed by atoms with van der Waals surface area (Å²) < 4.78 is 34.1. The molecule has 3 fully saturated rings. The summed E-state index contributed by atoms with van der Waals surface area (Å²) in [7, 11) is 0. The normalized spacial score (nSPS) is 29.4. The van der Waals surface area contributed by atoms with Crippen LogP contribution in [0.4, 0.5) is 0 Å². The molecule has 0 aromatic carbocycles. The molecule has 1 amide bonds. The highest BCUT2D eigenvalue weighted by Crippen LogP contribution is 2.33. The zero-order valence-corrected chi connectivity index (χ0v) is 51.9. The van der Waals surface area contributed by atoms with Crippen molar-refractivity contribution >= 4 is 5.91 Å². The van der Waals surface area contributed by atoms with Crippen LogP contribution >= 0.6 is 0 Å². The molecular weight excluding hydrogens is 1120 g/mol. The third-order valence-electron chi connectivity index (χ3n) is 15.2. The molecule has 17 atom stereocenters. The summed E-state index contributed by atoms with van der Waals surface area (Å²) >= 11 is 0. The minimum absolute atomic E-state index is 0.221. The highest BCUT2D eigenvalue weighted by Gasteiger charge is 2.53. The zero-order chi connectivity index (χ0) is 63.3. The zero-order valence-electron chi connectivity index (χ0n) is 51.9. The predicted molar refractivity (Wildman–Crippen MR) is 336 cm³/mol. The topological polar surface area (TPSA) is 307 Å². The van der Waals surface area contributed by atoms with Gasteiger partial charge in [-0.1, -0.05) is 193 Å². The number of carbonyl (C=O) groups excluding carboxylic acids is 1. The van der Waals surface area contributed by atoms with Crippen molar-refractivity contribution in [2.75, 3.05) is 26.4 Å². The first-order valence-corrected chi connectivity index (χ1v) is 32.3. The van der Waals surface area contributed by atoms with E-state index in [1.54, 1.807) is 12.2 Å². The van der Waals surface area contributed by atoms with Crippen LogP contribution in [0.5, 0.6) is 0 Å². The van der Waals surface area contributed by atoms with Gasteiger partial charge in [-0.3, -0.25) is 4.79 Å². The second-order valence-electron chi connectivity index (χ2n) is 22.5. The van der Waals surface area contributed by atoms with E-state index in [-0.39, 0.29) is 18.9 Å². The van der Waals surface area contributed by atoms with Crippen molar-refractivity contribution in [1.82, 2.24) is 5.32 Å². The standard InChI is InChI=1S/C68H111NO18/c1-3-5-7-9-11-12-13-14-15-16-17-18-19-20-21-22-23-24-25-26-27-28-29-30-31-32-33-34-35-36-37-38-40-42-44-46-56(74)69-51(52(73)45-43-41-39-10-8-6-4-2)50-82-66-62(80)59(77)64(54(48-71)84-66)87-68-63(81)60(78)65(55(49-72)85-68)86-67-61(79)58(76)57(75)53(47-70)83-67/h5,7-8,10-12,14-15,17-18,20-21,23-24,26-27,29-30,43,45,51-55,57-68,70-73,75-81H,3-4,6,9,13,16,19,22,25,28,31-42,44,46-50H2,1-2H3,(H,69,74)/b7-5-,10-8+,12-11-,15-14-,18-17-,21-20-,24-23-,27-26-,30-29-,45-43+. The molecule has 12 N–H and O–H groups in total. The Morgan fingerprint density at radius 1 is 0.425 bits per heavy atom. The van der Waals surface area contributed by atoms with Crippen LogP contribution in [0.15, 0.2) is 122 Å². The molecule has 0 saturated carbocycles. The monoisotopic (exact) mass is 1230 g/mol. The summed E-state index contributed by atoms with van der Waals surface area (Å²) in [5, 5.41) is 120. The molecule has 0 aliphatic carbocycles.